The van der Waals surface area contributed by atoms with Gasteiger partial charge in [0.1, 0.15) is 0 Å². The Morgan fingerprint density at radius 2 is 1.82 bits per heavy atom. The standard InChI is InChI=1S/C17H18Cl2N2O/c1-11-15(19)4-3-5-16(11)21-17(22)10-20-12(2)13-6-8-14(18)9-7-13/h3-9,12,20H,10H2,1-2H3,(H,21,22)/t12-/m0/s1. The van der Waals surface area contributed by atoms with Gasteiger partial charge >= 0.3 is 0 Å². The van der Waals surface area contributed by atoms with Crippen molar-refractivity contribution in [1.82, 2.24) is 5.32 Å². The van der Waals surface area contributed by atoms with Gasteiger partial charge in [-0.3, -0.25) is 4.79 Å². The Morgan fingerprint density at radius 3 is 2.50 bits per heavy atom. The van der Waals surface area contributed by atoms with E-state index >= 15 is 0 Å². The number of hydrogen-bond donors (Lipinski definition) is 2. The van der Waals surface area contributed by atoms with E-state index in [0.29, 0.717) is 10.0 Å². The highest BCUT2D eigenvalue weighted by Gasteiger charge is 2.09. The number of hydrogen-bond acceptors (Lipinski definition) is 2. The van der Waals surface area contributed by atoms with Crippen molar-refractivity contribution in [2.75, 3.05) is 11.9 Å². The van der Waals surface area contributed by atoms with E-state index in [1.54, 1.807) is 6.07 Å². The van der Waals surface area contributed by atoms with Crippen LogP contribution < -0.4 is 10.6 Å². The van der Waals surface area contributed by atoms with E-state index in [2.05, 4.69) is 10.6 Å². The lowest BCUT2D eigenvalue weighted by atomic mass is 10.1. The highest BCUT2D eigenvalue weighted by atomic mass is 35.5. The Morgan fingerprint density at radius 1 is 1.14 bits per heavy atom. The van der Waals surface area contributed by atoms with Crippen molar-refractivity contribution in [3.8, 4) is 0 Å². The normalized spacial score (nSPS) is 12.0. The third-order valence-electron chi connectivity index (χ3n) is 3.48. The molecule has 1 atom stereocenters. The molecule has 0 aromatic heterocycles. The van der Waals surface area contributed by atoms with Gasteiger partial charge in [-0.1, -0.05) is 41.4 Å². The van der Waals surface area contributed by atoms with Gasteiger partial charge in [0.25, 0.3) is 0 Å². The van der Waals surface area contributed by atoms with Crippen LogP contribution in [0.5, 0.6) is 0 Å². The van der Waals surface area contributed by atoms with Crippen LogP contribution in [0.25, 0.3) is 0 Å². The molecule has 3 nitrogen and oxygen atoms in total. The smallest absolute Gasteiger partial charge is 0.238 e. The highest BCUT2D eigenvalue weighted by Crippen LogP contribution is 2.22. The van der Waals surface area contributed by atoms with Crippen LogP contribution in [0, 0.1) is 6.92 Å². The topological polar surface area (TPSA) is 41.1 Å². The maximum absolute atomic E-state index is 12.0. The third kappa shape index (κ3) is 4.47. The number of carbonyl (C=O) groups is 1. The van der Waals surface area contributed by atoms with Crippen molar-refractivity contribution < 1.29 is 4.79 Å². The van der Waals surface area contributed by atoms with E-state index in [4.69, 9.17) is 23.2 Å². The minimum Gasteiger partial charge on any atom is -0.325 e. The molecule has 2 aromatic carbocycles. The van der Waals surface area contributed by atoms with Gasteiger partial charge in [-0.05, 0) is 49.2 Å². The lowest BCUT2D eigenvalue weighted by molar-refractivity contribution is -0.115. The zero-order valence-electron chi connectivity index (χ0n) is 12.5. The first-order valence-electron chi connectivity index (χ1n) is 7.01. The Hall–Kier alpha value is -1.55. The Balaban J connectivity index is 1.90. The molecule has 0 aliphatic carbocycles. The first-order valence-corrected chi connectivity index (χ1v) is 7.77. The second-order valence-corrected chi connectivity index (χ2v) is 5.96. The summed E-state index contributed by atoms with van der Waals surface area (Å²) in [6.07, 6.45) is 0. The quantitative estimate of drug-likeness (QED) is 0.838. The van der Waals surface area contributed by atoms with E-state index in [-0.39, 0.29) is 18.5 Å². The van der Waals surface area contributed by atoms with E-state index < -0.39 is 0 Å². The molecule has 5 heteroatoms. The Kier molecular flexibility index (Phi) is 5.83. The summed E-state index contributed by atoms with van der Waals surface area (Å²) in [6, 6.07) is 13.1. The molecule has 2 aromatic rings. The van der Waals surface area contributed by atoms with E-state index in [1.807, 2.05) is 50.2 Å². The maximum atomic E-state index is 12.0. The van der Waals surface area contributed by atoms with Crippen LogP contribution >= 0.6 is 23.2 Å². The molecular weight excluding hydrogens is 319 g/mol. The molecule has 0 spiro atoms. The van der Waals surface area contributed by atoms with E-state index in [0.717, 1.165) is 16.8 Å². The molecule has 1 amide bonds. The molecule has 22 heavy (non-hydrogen) atoms. The summed E-state index contributed by atoms with van der Waals surface area (Å²) >= 11 is 11.9. The molecule has 0 radical (unpaired) electrons. The van der Waals surface area contributed by atoms with Crippen LogP contribution in [0.4, 0.5) is 5.69 Å². The summed E-state index contributed by atoms with van der Waals surface area (Å²) in [5.41, 5.74) is 2.68. The molecular formula is C17H18Cl2N2O. The van der Waals surface area contributed by atoms with Gasteiger partial charge in [-0.2, -0.15) is 0 Å². The first-order chi connectivity index (χ1) is 10.5. The van der Waals surface area contributed by atoms with Gasteiger partial charge in [-0.15, -0.1) is 0 Å². The zero-order chi connectivity index (χ0) is 16.1. The number of amides is 1. The fraction of sp³-hybridized carbons (Fsp3) is 0.235. The second-order valence-electron chi connectivity index (χ2n) is 5.11. The summed E-state index contributed by atoms with van der Waals surface area (Å²) in [5.74, 6) is -0.105. The number of benzene rings is 2. The molecule has 2 rings (SSSR count). The number of halogens is 2. The second kappa shape index (κ2) is 7.63. The number of carbonyl (C=O) groups excluding carboxylic acids is 1. The van der Waals surface area contributed by atoms with Crippen molar-refractivity contribution >= 4 is 34.8 Å². The molecule has 0 aliphatic heterocycles. The minimum absolute atomic E-state index is 0.0588. The fourth-order valence-corrected chi connectivity index (χ4v) is 2.35. The SMILES string of the molecule is Cc1c(Cl)cccc1NC(=O)CN[C@@H](C)c1ccc(Cl)cc1. The molecule has 0 bridgehead atoms. The fourth-order valence-electron chi connectivity index (χ4n) is 2.05. The predicted octanol–water partition coefficient (Wildman–Crippen LogP) is 4.59. The summed E-state index contributed by atoms with van der Waals surface area (Å²) < 4.78 is 0. The molecule has 0 fully saturated rings. The summed E-state index contributed by atoms with van der Waals surface area (Å²) in [4.78, 5) is 12.0. The van der Waals surface area contributed by atoms with Gasteiger partial charge in [0.2, 0.25) is 5.91 Å². The largest absolute Gasteiger partial charge is 0.325 e. The maximum Gasteiger partial charge on any atom is 0.238 e. The zero-order valence-corrected chi connectivity index (χ0v) is 14.0. The molecule has 0 aliphatic rings. The highest BCUT2D eigenvalue weighted by molar-refractivity contribution is 6.31. The summed E-state index contributed by atoms with van der Waals surface area (Å²) in [6.45, 7) is 4.10. The summed E-state index contributed by atoms with van der Waals surface area (Å²) in [7, 11) is 0. The first kappa shape index (κ1) is 16.8. The third-order valence-corrected chi connectivity index (χ3v) is 4.14. The Labute approximate surface area is 140 Å². The van der Waals surface area contributed by atoms with Crippen molar-refractivity contribution in [2.45, 2.75) is 19.9 Å². The van der Waals surface area contributed by atoms with Gasteiger partial charge in [0.05, 0.1) is 6.54 Å². The van der Waals surface area contributed by atoms with E-state index in [9.17, 15) is 4.79 Å². The molecule has 0 unspecified atom stereocenters. The van der Waals surface area contributed by atoms with Gasteiger partial charge in [0, 0.05) is 21.8 Å². The van der Waals surface area contributed by atoms with Crippen LogP contribution in [0.15, 0.2) is 42.5 Å². The van der Waals surface area contributed by atoms with Gasteiger partial charge in [-0.25, -0.2) is 0 Å². The van der Waals surface area contributed by atoms with Crippen LogP contribution in [0.3, 0.4) is 0 Å². The number of rotatable bonds is 5. The molecule has 116 valence electrons. The average Bonchev–Trinajstić information content (AvgIpc) is 2.50. The predicted molar refractivity (Wildman–Crippen MR) is 92.7 cm³/mol. The van der Waals surface area contributed by atoms with Gasteiger partial charge < -0.3 is 10.6 Å². The monoisotopic (exact) mass is 336 g/mol. The summed E-state index contributed by atoms with van der Waals surface area (Å²) in [5, 5.41) is 7.38. The van der Waals surface area contributed by atoms with E-state index in [1.165, 1.54) is 0 Å². The van der Waals surface area contributed by atoms with Crippen molar-refractivity contribution in [2.24, 2.45) is 0 Å². The van der Waals surface area contributed by atoms with Crippen molar-refractivity contribution in [3.05, 3.63) is 63.6 Å². The minimum atomic E-state index is -0.105. The lowest BCUT2D eigenvalue weighted by Crippen LogP contribution is -2.30. The molecule has 2 N–H and O–H groups in total. The molecule has 0 saturated carbocycles. The number of nitrogens with one attached hydrogen (secondary N) is 2. The van der Waals surface area contributed by atoms with Gasteiger partial charge in [0.15, 0.2) is 0 Å². The van der Waals surface area contributed by atoms with Crippen LogP contribution in [0.2, 0.25) is 10.0 Å². The van der Waals surface area contributed by atoms with Crippen molar-refractivity contribution in [3.63, 3.8) is 0 Å². The van der Waals surface area contributed by atoms with Crippen LogP contribution in [-0.2, 0) is 4.79 Å². The lowest BCUT2D eigenvalue weighted by Gasteiger charge is -2.15. The molecule has 0 saturated heterocycles. The number of anilines is 1. The molecule has 0 heterocycles. The van der Waals surface area contributed by atoms with Crippen molar-refractivity contribution in [1.29, 1.82) is 0 Å². The average molecular weight is 337 g/mol. The van der Waals surface area contributed by atoms with Crippen LogP contribution in [-0.4, -0.2) is 12.5 Å². The Bertz CT molecular complexity index is 656. The van der Waals surface area contributed by atoms with Crippen LogP contribution in [0.1, 0.15) is 24.1 Å².